The largest absolute Gasteiger partial charge is 0.381 e. The van der Waals surface area contributed by atoms with E-state index in [0.29, 0.717) is 13.2 Å². The standard InChI is InChI=1S/C8H13ClF2O/c1-2-12-6-7(5-9)3-8(10,11)4-7/h2-6H2,1H3. The first-order valence-electron chi connectivity index (χ1n) is 4.05. The highest BCUT2D eigenvalue weighted by Crippen LogP contribution is 2.52. The van der Waals surface area contributed by atoms with E-state index in [4.69, 9.17) is 16.3 Å². The van der Waals surface area contributed by atoms with Crippen LogP contribution in [0.15, 0.2) is 0 Å². The van der Waals surface area contributed by atoms with Crippen LogP contribution >= 0.6 is 11.6 Å². The molecule has 0 amide bonds. The lowest BCUT2D eigenvalue weighted by molar-refractivity contribution is -0.172. The van der Waals surface area contributed by atoms with Crippen LogP contribution < -0.4 is 0 Å². The van der Waals surface area contributed by atoms with Gasteiger partial charge in [0.25, 0.3) is 0 Å². The number of hydrogen-bond acceptors (Lipinski definition) is 1. The molecule has 0 spiro atoms. The van der Waals surface area contributed by atoms with E-state index in [1.165, 1.54) is 0 Å². The third kappa shape index (κ3) is 2.07. The van der Waals surface area contributed by atoms with Gasteiger partial charge >= 0.3 is 0 Å². The number of ether oxygens (including phenoxy) is 1. The Balaban J connectivity index is 2.36. The highest BCUT2D eigenvalue weighted by molar-refractivity contribution is 6.18. The molecule has 1 fully saturated rings. The summed E-state index contributed by atoms with van der Waals surface area (Å²) >= 11 is 5.61. The monoisotopic (exact) mass is 198 g/mol. The molecule has 0 aromatic rings. The molecule has 0 aromatic carbocycles. The summed E-state index contributed by atoms with van der Waals surface area (Å²) < 4.78 is 30.2. The lowest BCUT2D eigenvalue weighted by Gasteiger charge is -2.45. The Morgan fingerprint density at radius 2 is 2.00 bits per heavy atom. The van der Waals surface area contributed by atoms with E-state index in [9.17, 15) is 8.78 Å². The fourth-order valence-corrected chi connectivity index (χ4v) is 1.87. The van der Waals surface area contributed by atoms with E-state index in [1.54, 1.807) is 0 Å². The third-order valence-electron chi connectivity index (χ3n) is 2.16. The molecule has 4 heteroatoms. The van der Waals surface area contributed by atoms with E-state index >= 15 is 0 Å². The van der Waals surface area contributed by atoms with Gasteiger partial charge in [-0.05, 0) is 6.92 Å². The van der Waals surface area contributed by atoms with Gasteiger partial charge in [0.1, 0.15) is 0 Å². The summed E-state index contributed by atoms with van der Waals surface area (Å²) in [6, 6.07) is 0. The lowest BCUT2D eigenvalue weighted by Crippen LogP contribution is -2.50. The SMILES string of the molecule is CCOCC1(CCl)CC(F)(F)C1. The maximum absolute atomic E-state index is 12.5. The minimum absolute atomic E-state index is 0.122. The van der Waals surface area contributed by atoms with Gasteiger partial charge in [-0.1, -0.05) is 0 Å². The van der Waals surface area contributed by atoms with Crippen LogP contribution in [0, 0.1) is 5.41 Å². The van der Waals surface area contributed by atoms with Crippen LogP contribution in [0.25, 0.3) is 0 Å². The zero-order valence-electron chi connectivity index (χ0n) is 7.08. The molecule has 12 heavy (non-hydrogen) atoms. The molecule has 0 unspecified atom stereocenters. The van der Waals surface area contributed by atoms with Crippen LogP contribution in [0.4, 0.5) is 8.78 Å². The smallest absolute Gasteiger partial charge is 0.249 e. The molecule has 0 atom stereocenters. The van der Waals surface area contributed by atoms with Gasteiger partial charge in [-0.2, -0.15) is 0 Å². The van der Waals surface area contributed by atoms with Crippen molar-refractivity contribution in [3.8, 4) is 0 Å². The quantitative estimate of drug-likeness (QED) is 0.632. The van der Waals surface area contributed by atoms with Crippen molar-refractivity contribution < 1.29 is 13.5 Å². The number of halogens is 3. The zero-order valence-corrected chi connectivity index (χ0v) is 7.83. The molecule has 1 rings (SSSR count). The molecule has 0 heterocycles. The lowest BCUT2D eigenvalue weighted by atomic mass is 9.68. The van der Waals surface area contributed by atoms with Gasteiger partial charge in [-0.25, -0.2) is 8.78 Å². The first-order valence-corrected chi connectivity index (χ1v) is 4.59. The molecular formula is C8H13ClF2O. The molecule has 0 N–H and O–H groups in total. The number of alkyl halides is 3. The molecule has 0 radical (unpaired) electrons. The summed E-state index contributed by atoms with van der Waals surface area (Å²) in [7, 11) is 0. The predicted molar refractivity (Wildman–Crippen MR) is 43.8 cm³/mol. The maximum atomic E-state index is 12.5. The van der Waals surface area contributed by atoms with Crippen molar-refractivity contribution in [3.63, 3.8) is 0 Å². The van der Waals surface area contributed by atoms with Crippen molar-refractivity contribution in [2.24, 2.45) is 5.41 Å². The van der Waals surface area contributed by atoms with Crippen LogP contribution in [0.1, 0.15) is 19.8 Å². The van der Waals surface area contributed by atoms with Crippen LogP contribution in [-0.4, -0.2) is 25.0 Å². The fraction of sp³-hybridized carbons (Fsp3) is 1.00. The number of rotatable bonds is 4. The van der Waals surface area contributed by atoms with E-state index in [1.807, 2.05) is 6.92 Å². The molecule has 1 aliphatic carbocycles. The highest BCUT2D eigenvalue weighted by Gasteiger charge is 2.55. The van der Waals surface area contributed by atoms with Gasteiger partial charge < -0.3 is 4.74 Å². The average Bonchev–Trinajstić information content (AvgIpc) is 1.96. The van der Waals surface area contributed by atoms with Crippen molar-refractivity contribution in [3.05, 3.63) is 0 Å². The first kappa shape index (κ1) is 10.2. The van der Waals surface area contributed by atoms with Crippen molar-refractivity contribution in [1.29, 1.82) is 0 Å². The van der Waals surface area contributed by atoms with Gasteiger partial charge in [-0.15, -0.1) is 11.6 Å². The summed E-state index contributed by atoms with van der Waals surface area (Å²) in [6.07, 6.45) is -0.243. The van der Waals surface area contributed by atoms with Gasteiger partial charge in [0.15, 0.2) is 0 Å². The molecule has 0 saturated heterocycles. The van der Waals surface area contributed by atoms with Crippen molar-refractivity contribution in [1.82, 2.24) is 0 Å². The minimum Gasteiger partial charge on any atom is -0.381 e. The van der Waals surface area contributed by atoms with Crippen molar-refractivity contribution >= 4 is 11.6 Å². The predicted octanol–water partition coefficient (Wildman–Crippen LogP) is 2.68. The average molecular weight is 199 g/mol. The van der Waals surface area contributed by atoms with Gasteiger partial charge in [0.2, 0.25) is 5.92 Å². The van der Waals surface area contributed by atoms with Crippen molar-refractivity contribution in [2.45, 2.75) is 25.7 Å². The Labute approximate surface area is 76.0 Å². The van der Waals surface area contributed by atoms with Crippen LogP contribution in [0.5, 0.6) is 0 Å². The highest BCUT2D eigenvalue weighted by atomic mass is 35.5. The van der Waals surface area contributed by atoms with Gasteiger partial charge in [0.05, 0.1) is 6.61 Å². The van der Waals surface area contributed by atoms with E-state index in [-0.39, 0.29) is 18.7 Å². The molecule has 72 valence electrons. The number of hydrogen-bond donors (Lipinski definition) is 0. The first-order chi connectivity index (χ1) is 5.54. The van der Waals surface area contributed by atoms with Gasteiger partial charge in [-0.3, -0.25) is 0 Å². The molecule has 0 aliphatic heterocycles. The molecule has 0 bridgehead atoms. The molecule has 0 aromatic heterocycles. The minimum atomic E-state index is -2.51. The second-order valence-corrected chi connectivity index (χ2v) is 3.75. The summed E-state index contributed by atoms with van der Waals surface area (Å²) in [5, 5.41) is 0. The van der Waals surface area contributed by atoms with Crippen LogP contribution in [0.2, 0.25) is 0 Å². The van der Waals surface area contributed by atoms with Crippen molar-refractivity contribution in [2.75, 3.05) is 19.1 Å². The Morgan fingerprint density at radius 1 is 1.42 bits per heavy atom. The summed E-state index contributed by atoms with van der Waals surface area (Å²) in [6.45, 7) is 2.77. The van der Waals surface area contributed by atoms with E-state index in [0.717, 1.165) is 0 Å². The third-order valence-corrected chi connectivity index (χ3v) is 2.73. The van der Waals surface area contributed by atoms with Crippen LogP contribution in [0.3, 0.4) is 0 Å². The topological polar surface area (TPSA) is 9.23 Å². The molecule has 1 aliphatic rings. The Morgan fingerprint density at radius 3 is 2.33 bits per heavy atom. The maximum Gasteiger partial charge on any atom is 0.249 e. The van der Waals surface area contributed by atoms with Gasteiger partial charge in [0, 0.05) is 30.7 Å². The molecular weight excluding hydrogens is 186 g/mol. The zero-order chi connectivity index (χ0) is 9.24. The Hall–Kier alpha value is 0.110. The van der Waals surface area contributed by atoms with Crippen LogP contribution in [-0.2, 0) is 4.74 Å². The summed E-state index contributed by atoms with van der Waals surface area (Å²) in [5.41, 5.74) is -0.457. The second kappa shape index (κ2) is 3.46. The fourth-order valence-electron chi connectivity index (χ4n) is 1.60. The Bertz CT molecular complexity index is 153. The second-order valence-electron chi connectivity index (χ2n) is 3.48. The summed E-state index contributed by atoms with van der Waals surface area (Å²) in [5.74, 6) is -2.24. The Kier molecular flexibility index (Phi) is 2.94. The summed E-state index contributed by atoms with van der Waals surface area (Å²) in [4.78, 5) is 0. The molecule has 1 nitrogen and oxygen atoms in total. The normalized spacial score (nSPS) is 25.0. The van der Waals surface area contributed by atoms with E-state index in [2.05, 4.69) is 0 Å². The molecule has 1 saturated carbocycles. The van der Waals surface area contributed by atoms with E-state index < -0.39 is 11.3 Å².